The molecule has 1 N–H and O–H groups in total. The normalized spacial score (nSPS) is 12.8. The number of alkyl halides is 3. The van der Waals surface area contributed by atoms with Gasteiger partial charge in [0, 0.05) is 0 Å². The van der Waals surface area contributed by atoms with E-state index in [2.05, 4.69) is 0 Å². The van der Waals surface area contributed by atoms with E-state index in [4.69, 9.17) is 9.47 Å². The Balaban J connectivity index is 2.07. The van der Waals surface area contributed by atoms with Crippen LogP contribution in [0.2, 0.25) is 0 Å². The minimum atomic E-state index is -4.44. The molecule has 0 saturated carbocycles. The van der Waals surface area contributed by atoms with Crippen LogP contribution in [0.1, 0.15) is 17.2 Å². The van der Waals surface area contributed by atoms with Gasteiger partial charge in [0.1, 0.15) is 12.7 Å². The molecule has 0 aliphatic heterocycles. The highest BCUT2D eigenvalue weighted by molar-refractivity contribution is 5.41. The molecule has 3 nitrogen and oxygen atoms in total. The zero-order valence-corrected chi connectivity index (χ0v) is 12.1. The van der Waals surface area contributed by atoms with E-state index in [0.29, 0.717) is 0 Å². The molecule has 0 saturated heterocycles. The molecule has 0 aliphatic rings. The van der Waals surface area contributed by atoms with Gasteiger partial charge in [-0.2, -0.15) is 13.2 Å². The minimum Gasteiger partial charge on any atom is -0.493 e. The van der Waals surface area contributed by atoms with Gasteiger partial charge >= 0.3 is 6.18 Å². The maximum Gasteiger partial charge on any atom is 0.416 e. The lowest BCUT2D eigenvalue weighted by molar-refractivity contribution is -0.137. The molecule has 0 amide bonds. The van der Waals surface area contributed by atoms with Crippen LogP contribution in [0.15, 0.2) is 42.5 Å². The van der Waals surface area contributed by atoms with E-state index in [1.165, 1.54) is 25.3 Å². The smallest absolute Gasteiger partial charge is 0.416 e. The van der Waals surface area contributed by atoms with Crippen LogP contribution >= 0.6 is 0 Å². The van der Waals surface area contributed by atoms with Gasteiger partial charge in [-0.3, -0.25) is 0 Å². The zero-order chi connectivity index (χ0) is 17.0. The Hall–Kier alpha value is -2.28. The van der Waals surface area contributed by atoms with E-state index in [1.54, 1.807) is 0 Å². The van der Waals surface area contributed by atoms with Crippen molar-refractivity contribution in [3.63, 3.8) is 0 Å². The molecule has 0 heterocycles. The van der Waals surface area contributed by atoms with E-state index < -0.39 is 23.7 Å². The average molecular weight is 330 g/mol. The van der Waals surface area contributed by atoms with E-state index in [0.717, 1.165) is 24.3 Å². The van der Waals surface area contributed by atoms with Crippen molar-refractivity contribution in [2.24, 2.45) is 0 Å². The molecule has 0 radical (unpaired) electrons. The Labute approximate surface area is 130 Å². The molecule has 2 rings (SSSR count). The van der Waals surface area contributed by atoms with Crippen molar-refractivity contribution in [1.82, 2.24) is 0 Å². The van der Waals surface area contributed by atoms with E-state index in [1.807, 2.05) is 0 Å². The van der Waals surface area contributed by atoms with E-state index in [-0.39, 0.29) is 23.7 Å². The van der Waals surface area contributed by atoms with Gasteiger partial charge in [0.05, 0.1) is 12.7 Å². The third kappa shape index (κ3) is 4.13. The maximum absolute atomic E-state index is 13.7. The lowest BCUT2D eigenvalue weighted by atomic mass is 10.1. The number of rotatable bonds is 5. The first kappa shape index (κ1) is 17.1. The molecule has 0 aliphatic carbocycles. The predicted molar refractivity (Wildman–Crippen MR) is 74.9 cm³/mol. The van der Waals surface area contributed by atoms with Gasteiger partial charge < -0.3 is 14.6 Å². The third-order valence-corrected chi connectivity index (χ3v) is 3.16. The van der Waals surface area contributed by atoms with Crippen molar-refractivity contribution in [3.05, 3.63) is 59.4 Å². The molecule has 0 aromatic heterocycles. The fourth-order valence-corrected chi connectivity index (χ4v) is 1.94. The Morgan fingerprint density at radius 1 is 1.09 bits per heavy atom. The summed E-state index contributed by atoms with van der Waals surface area (Å²) in [6.45, 7) is -0.331. The highest BCUT2D eigenvalue weighted by Crippen LogP contribution is 2.32. The van der Waals surface area contributed by atoms with Crippen LogP contribution < -0.4 is 9.47 Å². The third-order valence-electron chi connectivity index (χ3n) is 3.16. The fraction of sp³-hybridized carbons (Fsp3) is 0.250. The zero-order valence-electron chi connectivity index (χ0n) is 12.1. The molecule has 0 spiro atoms. The van der Waals surface area contributed by atoms with Crippen molar-refractivity contribution in [2.45, 2.75) is 12.3 Å². The number of aliphatic hydroxyl groups excluding tert-OH is 1. The first-order valence-electron chi connectivity index (χ1n) is 6.63. The lowest BCUT2D eigenvalue weighted by Crippen LogP contribution is -2.12. The molecular formula is C16H14F4O3. The first-order chi connectivity index (χ1) is 10.8. The van der Waals surface area contributed by atoms with Crippen molar-refractivity contribution in [2.75, 3.05) is 13.7 Å². The Morgan fingerprint density at radius 3 is 2.30 bits per heavy atom. The summed E-state index contributed by atoms with van der Waals surface area (Å²) in [7, 11) is 1.34. The van der Waals surface area contributed by atoms with Crippen LogP contribution in [-0.2, 0) is 6.18 Å². The number of methoxy groups -OCH3 is 1. The molecular weight excluding hydrogens is 316 g/mol. The molecule has 7 heteroatoms. The van der Waals surface area contributed by atoms with Crippen LogP contribution in [-0.4, -0.2) is 18.8 Å². The van der Waals surface area contributed by atoms with Gasteiger partial charge in [-0.05, 0) is 29.8 Å². The first-order valence-corrected chi connectivity index (χ1v) is 6.63. The SMILES string of the molecule is COc1cccc(F)c1OCC(O)c1ccc(C(F)(F)F)cc1. The second kappa shape index (κ2) is 6.87. The van der Waals surface area contributed by atoms with Gasteiger partial charge in [0.2, 0.25) is 0 Å². The van der Waals surface area contributed by atoms with Crippen molar-refractivity contribution in [3.8, 4) is 11.5 Å². The molecule has 124 valence electrons. The number of aliphatic hydroxyl groups is 1. The summed E-state index contributed by atoms with van der Waals surface area (Å²) >= 11 is 0. The summed E-state index contributed by atoms with van der Waals surface area (Å²) in [6.07, 6.45) is -5.65. The molecule has 23 heavy (non-hydrogen) atoms. The van der Waals surface area contributed by atoms with E-state index in [9.17, 15) is 22.7 Å². The van der Waals surface area contributed by atoms with Gasteiger partial charge in [-0.15, -0.1) is 0 Å². The highest BCUT2D eigenvalue weighted by Gasteiger charge is 2.30. The van der Waals surface area contributed by atoms with Gasteiger partial charge in [0.15, 0.2) is 17.3 Å². The standard InChI is InChI=1S/C16H14F4O3/c1-22-14-4-2-3-12(17)15(14)23-9-13(21)10-5-7-11(8-6-10)16(18,19)20/h2-8,13,21H,9H2,1H3. The van der Waals surface area contributed by atoms with Crippen LogP contribution in [0.4, 0.5) is 17.6 Å². The summed E-state index contributed by atoms with van der Waals surface area (Å²) in [5.74, 6) is -0.672. The van der Waals surface area contributed by atoms with Crippen molar-refractivity contribution >= 4 is 0 Å². The largest absolute Gasteiger partial charge is 0.493 e. The number of ether oxygens (including phenoxy) is 2. The Kier molecular flexibility index (Phi) is 5.10. The Bertz CT molecular complexity index is 653. The molecule has 2 aromatic rings. The van der Waals surface area contributed by atoms with Gasteiger partial charge in [-0.25, -0.2) is 4.39 Å². The van der Waals surface area contributed by atoms with Crippen molar-refractivity contribution < 1.29 is 32.1 Å². The minimum absolute atomic E-state index is 0.157. The average Bonchev–Trinajstić information content (AvgIpc) is 2.52. The molecule has 0 fully saturated rings. The molecule has 1 atom stereocenters. The summed E-state index contributed by atoms with van der Waals surface area (Å²) in [4.78, 5) is 0. The van der Waals surface area contributed by atoms with Crippen LogP contribution in [0.25, 0.3) is 0 Å². The highest BCUT2D eigenvalue weighted by atomic mass is 19.4. The molecule has 0 bridgehead atoms. The maximum atomic E-state index is 13.7. The number of benzene rings is 2. The van der Waals surface area contributed by atoms with Gasteiger partial charge in [-0.1, -0.05) is 18.2 Å². The second-order valence-corrected chi connectivity index (χ2v) is 4.72. The monoisotopic (exact) mass is 330 g/mol. The second-order valence-electron chi connectivity index (χ2n) is 4.72. The summed E-state index contributed by atoms with van der Waals surface area (Å²) < 4.78 is 61.2. The number of halogens is 4. The number of hydrogen-bond acceptors (Lipinski definition) is 3. The number of para-hydroxylation sites is 1. The Morgan fingerprint density at radius 2 is 1.74 bits per heavy atom. The fourth-order valence-electron chi connectivity index (χ4n) is 1.94. The van der Waals surface area contributed by atoms with Gasteiger partial charge in [0.25, 0.3) is 0 Å². The van der Waals surface area contributed by atoms with Crippen LogP contribution in [0.3, 0.4) is 0 Å². The predicted octanol–water partition coefficient (Wildman–Crippen LogP) is 3.97. The summed E-state index contributed by atoms with van der Waals surface area (Å²) in [5.41, 5.74) is -0.585. The van der Waals surface area contributed by atoms with E-state index >= 15 is 0 Å². The lowest BCUT2D eigenvalue weighted by Gasteiger charge is -2.16. The number of hydrogen-bond donors (Lipinski definition) is 1. The summed E-state index contributed by atoms with van der Waals surface area (Å²) in [5, 5.41) is 9.96. The summed E-state index contributed by atoms with van der Waals surface area (Å²) in [6, 6.07) is 8.12. The van der Waals surface area contributed by atoms with Crippen LogP contribution in [0, 0.1) is 5.82 Å². The van der Waals surface area contributed by atoms with Crippen molar-refractivity contribution in [1.29, 1.82) is 0 Å². The quantitative estimate of drug-likeness (QED) is 0.843. The van der Waals surface area contributed by atoms with Crippen LogP contribution in [0.5, 0.6) is 11.5 Å². The topological polar surface area (TPSA) is 38.7 Å². The molecule has 2 aromatic carbocycles. The molecule has 1 unspecified atom stereocenters.